The minimum Gasteiger partial charge on any atom is -0.468 e. The van der Waals surface area contributed by atoms with Gasteiger partial charge in [0, 0.05) is 6.54 Å². The summed E-state index contributed by atoms with van der Waals surface area (Å²) in [4.78, 5) is 13.8. The molecule has 0 aliphatic carbocycles. The predicted molar refractivity (Wildman–Crippen MR) is 66.8 cm³/mol. The van der Waals surface area contributed by atoms with Gasteiger partial charge in [-0.2, -0.15) is 0 Å². The average molecular weight is 233 g/mol. The molecule has 1 atom stereocenters. The van der Waals surface area contributed by atoms with Gasteiger partial charge >= 0.3 is 5.97 Å². The lowest BCUT2D eigenvalue weighted by molar-refractivity contribution is -0.145. The molecule has 1 heterocycles. The zero-order chi connectivity index (χ0) is 12.1. The Morgan fingerprint density at radius 1 is 1.41 bits per heavy atom. The minimum absolute atomic E-state index is 0.0243. The molecule has 0 N–H and O–H groups in total. The van der Waals surface area contributed by atoms with Crippen LogP contribution in [0.4, 0.5) is 0 Å². The number of hydrogen-bond acceptors (Lipinski definition) is 3. The topological polar surface area (TPSA) is 29.5 Å². The van der Waals surface area contributed by atoms with Crippen LogP contribution >= 0.6 is 0 Å². The lowest BCUT2D eigenvalue weighted by Gasteiger charge is -2.22. The first-order valence-corrected chi connectivity index (χ1v) is 6.17. The third kappa shape index (κ3) is 3.07. The molecule has 3 nitrogen and oxygen atoms in total. The summed E-state index contributed by atoms with van der Waals surface area (Å²) in [5.74, 6) is -0.0874. The van der Waals surface area contributed by atoms with E-state index in [-0.39, 0.29) is 12.0 Å². The van der Waals surface area contributed by atoms with Crippen molar-refractivity contribution in [2.24, 2.45) is 0 Å². The molecule has 1 fully saturated rings. The number of rotatable bonds is 4. The number of ether oxygens (including phenoxy) is 1. The van der Waals surface area contributed by atoms with Crippen molar-refractivity contribution in [2.45, 2.75) is 25.3 Å². The van der Waals surface area contributed by atoms with E-state index in [1.165, 1.54) is 12.7 Å². The van der Waals surface area contributed by atoms with E-state index >= 15 is 0 Å². The number of esters is 1. The zero-order valence-corrected chi connectivity index (χ0v) is 10.3. The maximum Gasteiger partial charge on any atom is 0.323 e. The quantitative estimate of drug-likeness (QED) is 0.743. The predicted octanol–water partition coefficient (Wildman–Crippen LogP) is 1.87. The Balaban J connectivity index is 1.88. The van der Waals surface area contributed by atoms with Crippen LogP contribution in [0.25, 0.3) is 0 Å². The molecule has 1 aromatic carbocycles. The number of benzene rings is 1. The summed E-state index contributed by atoms with van der Waals surface area (Å²) in [6.07, 6.45) is 3.02. The van der Waals surface area contributed by atoms with Crippen LogP contribution in [0.15, 0.2) is 30.3 Å². The van der Waals surface area contributed by atoms with E-state index in [9.17, 15) is 4.79 Å². The molecular formula is C14H19NO2. The molecule has 1 aliphatic heterocycles. The van der Waals surface area contributed by atoms with Crippen molar-refractivity contribution in [3.63, 3.8) is 0 Å². The first-order chi connectivity index (χ1) is 8.31. The van der Waals surface area contributed by atoms with Gasteiger partial charge in [-0.3, -0.25) is 9.69 Å². The van der Waals surface area contributed by atoms with Crippen molar-refractivity contribution in [1.29, 1.82) is 0 Å². The van der Waals surface area contributed by atoms with Crippen LogP contribution in [-0.2, 0) is 16.0 Å². The van der Waals surface area contributed by atoms with Crippen LogP contribution in [-0.4, -0.2) is 37.1 Å². The second-order valence-electron chi connectivity index (χ2n) is 4.45. The molecule has 0 bridgehead atoms. The molecule has 1 saturated heterocycles. The van der Waals surface area contributed by atoms with Crippen LogP contribution in [0.1, 0.15) is 18.4 Å². The molecule has 2 rings (SSSR count). The van der Waals surface area contributed by atoms with Crippen LogP contribution in [0.5, 0.6) is 0 Å². The summed E-state index contributed by atoms with van der Waals surface area (Å²) in [6, 6.07) is 10.4. The average Bonchev–Trinajstić information content (AvgIpc) is 2.85. The van der Waals surface area contributed by atoms with Crippen molar-refractivity contribution in [1.82, 2.24) is 4.90 Å². The Kier molecular flexibility index (Phi) is 4.15. The van der Waals surface area contributed by atoms with E-state index in [1.54, 1.807) is 0 Å². The molecule has 0 unspecified atom stereocenters. The highest BCUT2D eigenvalue weighted by atomic mass is 16.5. The van der Waals surface area contributed by atoms with Gasteiger partial charge in [-0.05, 0) is 31.4 Å². The van der Waals surface area contributed by atoms with Gasteiger partial charge in [0.15, 0.2) is 0 Å². The number of carbonyl (C=O) groups excluding carboxylic acids is 1. The van der Waals surface area contributed by atoms with Crippen LogP contribution < -0.4 is 0 Å². The van der Waals surface area contributed by atoms with Gasteiger partial charge in [-0.1, -0.05) is 30.3 Å². The smallest absolute Gasteiger partial charge is 0.323 e. The normalized spacial score (nSPS) is 20.4. The number of hydrogen-bond donors (Lipinski definition) is 0. The molecular weight excluding hydrogens is 214 g/mol. The number of likely N-dealkylation sites (tertiary alicyclic amines) is 1. The van der Waals surface area contributed by atoms with E-state index < -0.39 is 0 Å². The molecule has 92 valence electrons. The molecule has 0 aromatic heterocycles. The Hall–Kier alpha value is -1.35. The highest BCUT2D eigenvalue weighted by Gasteiger charge is 2.30. The standard InChI is InChI=1S/C14H19NO2/c1-17-14(16)13-8-5-10-15(13)11-9-12-6-3-2-4-7-12/h2-4,6-7,13H,5,8-11H2,1H3/t13-/m1/s1. The first-order valence-electron chi connectivity index (χ1n) is 6.17. The molecule has 0 radical (unpaired) electrons. The molecule has 0 spiro atoms. The van der Waals surface area contributed by atoms with Crippen molar-refractivity contribution in [2.75, 3.05) is 20.2 Å². The number of nitrogens with zero attached hydrogens (tertiary/aromatic N) is 1. The van der Waals surface area contributed by atoms with Gasteiger partial charge in [0.25, 0.3) is 0 Å². The highest BCUT2D eigenvalue weighted by Crippen LogP contribution is 2.18. The van der Waals surface area contributed by atoms with Gasteiger partial charge in [-0.15, -0.1) is 0 Å². The van der Waals surface area contributed by atoms with Gasteiger partial charge in [0.05, 0.1) is 7.11 Å². The lowest BCUT2D eigenvalue weighted by Crippen LogP contribution is -2.38. The van der Waals surface area contributed by atoms with Crippen LogP contribution in [0.3, 0.4) is 0 Å². The van der Waals surface area contributed by atoms with E-state index in [0.29, 0.717) is 0 Å². The van der Waals surface area contributed by atoms with Gasteiger partial charge in [0.1, 0.15) is 6.04 Å². The maximum absolute atomic E-state index is 11.6. The van der Waals surface area contributed by atoms with E-state index in [1.807, 2.05) is 6.07 Å². The molecule has 1 aromatic rings. The van der Waals surface area contributed by atoms with Crippen molar-refractivity contribution < 1.29 is 9.53 Å². The maximum atomic E-state index is 11.6. The largest absolute Gasteiger partial charge is 0.468 e. The third-order valence-electron chi connectivity index (χ3n) is 3.37. The summed E-state index contributed by atoms with van der Waals surface area (Å²) in [5.41, 5.74) is 1.32. The van der Waals surface area contributed by atoms with Gasteiger partial charge in [0.2, 0.25) is 0 Å². The molecule has 0 amide bonds. The van der Waals surface area contributed by atoms with Crippen LogP contribution in [0, 0.1) is 0 Å². The van der Waals surface area contributed by atoms with E-state index in [0.717, 1.165) is 32.4 Å². The Morgan fingerprint density at radius 2 is 2.18 bits per heavy atom. The van der Waals surface area contributed by atoms with Crippen molar-refractivity contribution in [3.8, 4) is 0 Å². The number of methoxy groups -OCH3 is 1. The fraction of sp³-hybridized carbons (Fsp3) is 0.500. The van der Waals surface area contributed by atoms with E-state index in [2.05, 4.69) is 29.2 Å². The summed E-state index contributed by atoms with van der Waals surface area (Å²) in [5, 5.41) is 0. The Labute approximate surface area is 102 Å². The highest BCUT2D eigenvalue weighted by molar-refractivity contribution is 5.75. The molecule has 0 saturated carbocycles. The molecule has 3 heteroatoms. The summed E-state index contributed by atoms with van der Waals surface area (Å²) < 4.78 is 4.84. The summed E-state index contributed by atoms with van der Waals surface area (Å²) >= 11 is 0. The SMILES string of the molecule is COC(=O)[C@H]1CCCN1CCc1ccccc1. The van der Waals surface area contributed by atoms with Crippen molar-refractivity contribution in [3.05, 3.63) is 35.9 Å². The van der Waals surface area contributed by atoms with Crippen molar-refractivity contribution >= 4 is 5.97 Å². The second-order valence-corrected chi connectivity index (χ2v) is 4.45. The third-order valence-corrected chi connectivity index (χ3v) is 3.37. The van der Waals surface area contributed by atoms with Gasteiger partial charge in [-0.25, -0.2) is 0 Å². The fourth-order valence-corrected chi connectivity index (χ4v) is 2.41. The summed E-state index contributed by atoms with van der Waals surface area (Å²) in [6.45, 7) is 1.94. The minimum atomic E-state index is -0.0874. The fourth-order valence-electron chi connectivity index (χ4n) is 2.41. The summed E-state index contributed by atoms with van der Waals surface area (Å²) in [7, 11) is 1.47. The lowest BCUT2D eigenvalue weighted by atomic mass is 10.1. The Bertz CT molecular complexity index is 364. The van der Waals surface area contributed by atoms with Crippen LogP contribution in [0.2, 0.25) is 0 Å². The van der Waals surface area contributed by atoms with Gasteiger partial charge < -0.3 is 4.74 Å². The second kappa shape index (κ2) is 5.82. The Morgan fingerprint density at radius 3 is 2.88 bits per heavy atom. The molecule has 17 heavy (non-hydrogen) atoms. The first kappa shape index (κ1) is 12.1. The monoisotopic (exact) mass is 233 g/mol. The zero-order valence-electron chi connectivity index (χ0n) is 10.3. The van der Waals surface area contributed by atoms with E-state index in [4.69, 9.17) is 4.74 Å². The number of carbonyl (C=O) groups is 1. The molecule has 1 aliphatic rings.